The molecular weight excluding hydrogens is 503 g/mol. The second-order valence-corrected chi connectivity index (χ2v) is 10.0. The fraction of sp³-hybridized carbons (Fsp3) is 0.103. The zero-order valence-electron chi connectivity index (χ0n) is 20.0. The number of halogens is 1. The zero-order chi connectivity index (χ0) is 26.1. The van der Waals surface area contributed by atoms with Gasteiger partial charge in [0.15, 0.2) is 5.75 Å². The van der Waals surface area contributed by atoms with Crippen molar-refractivity contribution in [2.45, 2.75) is 22.8 Å². The van der Waals surface area contributed by atoms with Gasteiger partial charge in [-0.1, -0.05) is 30.0 Å². The van der Waals surface area contributed by atoms with Crippen LogP contribution in [0.25, 0.3) is 0 Å². The van der Waals surface area contributed by atoms with E-state index < -0.39 is 17.1 Å². The number of nitrogens with zero attached hydrogens (tertiary/aromatic N) is 2. The minimum absolute atomic E-state index is 0.379. The average Bonchev–Trinajstić information content (AvgIpc) is 3.75. The van der Waals surface area contributed by atoms with Gasteiger partial charge in [-0.15, -0.1) is 0 Å². The molecule has 9 heteroatoms. The molecule has 1 saturated carbocycles. The fourth-order valence-electron chi connectivity index (χ4n) is 4.06. The Morgan fingerprint density at radius 1 is 0.868 bits per heavy atom. The number of carbonyl (C=O) groups is 2. The Labute approximate surface area is 222 Å². The maximum absolute atomic E-state index is 13.1. The van der Waals surface area contributed by atoms with E-state index in [4.69, 9.17) is 4.74 Å². The van der Waals surface area contributed by atoms with Crippen molar-refractivity contribution in [3.8, 4) is 11.5 Å². The second-order valence-electron chi connectivity index (χ2n) is 8.98. The van der Waals surface area contributed by atoms with E-state index in [2.05, 4.69) is 20.6 Å². The molecule has 0 bridgehead atoms. The van der Waals surface area contributed by atoms with Crippen molar-refractivity contribution in [2.24, 2.45) is 10.4 Å². The summed E-state index contributed by atoms with van der Waals surface area (Å²) in [4.78, 5) is 35.9. The third-order valence-corrected chi connectivity index (χ3v) is 7.46. The highest BCUT2D eigenvalue weighted by Gasteiger charge is 2.56. The van der Waals surface area contributed by atoms with Crippen LogP contribution in [0.4, 0.5) is 21.5 Å². The molecule has 0 atom stereocenters. The van der Waals surface area contributed by atoms with E-state index in [1.807, 2.05) is 24.3 Å². The highest BCUT2D eigenvalue weighted by Crippen LogP contribution is 2.48. The summed E-state index contributed by atoms with van der Waals surface area (Å²) >= 11 is 1.54. The summed E-state index contributed by atoms with van der Waals surface area (Å²) < 4.78 is 19.3. The second kappa shape index (κ2) is 9.75. The number of nitrogens with one attached hydrogen (secondary N) is 2. The highest BCUT2D eigenvalue weighted by atomic mass is 32.2. The van der Waals surface area contributed by atoms with E-state index in [9.17, 15) is 14.0 Å². The molecule has 2 N–H and O–H groups in total. The topological polar surface area (TPSA) is 92.7 Å². The maximum atomic E-state index is 13.1. The molecule has 1 aromatic heterocycles. The zero-order valence-corrected chi connectivity index (χ0v) is 20.8. The van der Waals surface area contributed by atoms with Gasteiger partial charge < -0.3 is 15.4 Å². The van der Waals surface area contributed by atoms with Crippen molar-refractivity contribution in [1.29, 1.82) is 0 Å². The maximum Gasteiger partial charge on any atom is 0.240 e. The number of fused-ring (bicyclic) bond motifs is 2. The number of hydrogen-bond donors (Lipinski definition) is 2. The summed E-state index contributed by atoms with van der Waals surface area (Å²) in [6.07, 6.45) is 4.39. The third-order valence-electron chi connectivity index (χ3n) is 6.37. The van der Waals surface area contributed by atoms with Crippen LogP contribution in [0.1, 0.15) is 18.4 Å². The van der Waals surface area contributed by atoms with E-state index in [1.54, 1.807) is 42.7 Å². The first-order valence-electron chi connectivity index (χ1n) is 12.0. The quantitative estimate of drug-likeness (QED) is 0.245. The van der Waals surface area contributed by atoms with Gasteiger partial charge in [-0.05, 0) is 67.4 Å². The number of rotatable bonds is 6. The molecule has 38 heavy (non-hydrogen) atoms. The summed E-state index contributed by atoms with van der Waals surface area (Å²) in [6, 6.07) is 22.1. The van der Waals surface area contributed by atoms with Gasteiger partial charge in [0.1, 0.15) is 27.7 Å². The van der Waals surface area contributed by atoms with E-state index in [0.29, 0.717) is 41.4 Å². The van der Waals surface area contributed by atoms with Crippen molar-refractivity contribution in [1.82, 2.24) is 4.98 Å². The van der Waals surface area contributed by atoms with E-state index in [1.165, 1.54) is 36.0 Å². The van der Waals surface area contributed by atoms with Crippen LogP contribution < -0.4 is 15.4 Å². The lowest BCUT2D eigenvalue weighted by atomic mass is 10.0. The molecule has 2 heterocycles. The van der Waals surface area contributed by atoms with Crippen LogP contribution in [-0.4, -0.2) is 23.0 Å². The molecule has 2 amide bonds. The van der Waals surface area contributed by atoms with Crippen molar-refractivity contribution in [3.63, 3.8) is 0 Å². The molecule has 3 aromatic carbocycles. The number of carbonyl (C=O) groups excluding carboxylic acids is 2. The number of pyridine rings is 1. The first-order chi connectivity index (χ1) is 18.5. The predicted octanol–water partition coefficient (Wildman–Crippen LogP) is 6.59. The van der Waals surface area contributed by atoms with Gasteiger partial charge in [0.05, 0.1) is 0 Å². The van der Waals surface area contributed by atoms with Gasteiger partial charge in [0, 0.05) is 40.3 Å². The molecule has 0 radical (unpaired) electrons. The van der Waals surface area contributed by atoms with E-state index in [-0.39, 0.29) is 5.91 Å². The van der Waals surface area contributed by atoms with Crippen LogP contribution in [-0.2, 0) is 9.59 Å². The molecule has 4 aromatic rings. The number of benzene rings is 3. The van der Waals surface area contributed by atoms with Crippen molar-refractivity contribution in [2.75, 3.05) is 10.6 Å². The Morgan fingerprint density at radius 2 is 1.53 bits per heavy atom. The Kier molecular flexibility index (Phi) is 6.13. The smallest absolute Gasteiger partial charge is 0.240 e. The monoisotopic (exact) mass is 524 g/mol. The fourth-order valence-corrected chi connectivity index (χ4v) is 5.02. The lowest BCUT2D eigenvalue weighted by molar-refractivity contribution is -0.131. The van der Waals surface area contributed by atoms with Crippen molar-refractivity contribution >= 4 is 46.9 Å². The predicted molar refractivity (Wildman–Crippen MR) is 144 cm³/mol. The minimum atomic E-state index is -1.13. The largest absolute Gasteiger partial charge is 0.455 e. The van der Waals surface area contributed by atoms with Gasteiger partial charge in [-0.2, -0.15) is 0 Å². The Balaban J connectivity index is 1.13. The third kappa shape index (κ3) is 4.76. The molecular formula is C29H21FN4O3S. The van der Waals surface area contributed by atoms with Crippen molar-refractivity contribution in [3.05, 3.63) is 96.4 Å². The normalized spacial score (nSPS) is 14.4. The molecule has 0 saturated heterocycles. The minimum Gasteiger partial charge on any atom is -0.455 e. The number of aliphatic imine (C=N–C) groups is 1. The summed E-state index contributed by atoms with van der Waals surface area (Å²) in [5, 5.41) is 6.28. The van der Waals surface area contributed by atoms with Crippen LogP contribution in [0.2, 0.25) is 0 Å². The van der Waals surface area contributed by atoms with Gasteiger partial charge in [-0.3, -0.25) is 9.59 Å². The molecule has 0 unspecified atom stereocenters. The number of ether oxygens (including phenoxy) is 1. The molecule has 6 rings (SSSR count). The Hall–Kier alpha value is -4.50. The number of hydrogen-bond acceptors (Lipinski definition) is 6. The SMILES string of the molecule is O=C(Nc1ccc(F)cc1)C1(C(=O)Nc2ccc(Oc3ccnc4c3N=Cc3ccccc3S4)cc2)CC1. The molecule has 1 fully saturated rings. The summed E-state index contributed by atoms with van der Waals surface area (Å²) in [5.41, 5.74) is 1.51. The molecule has 1 aliphatic carbocycles. The first-order valence-corrected chi connectivity index (χ1v) is 12.8. The summed E-state index contributed by atoms with van der Waals surface area (Å²) in [7, 11) is 0. The van der Waals surface area contributed by atoms with Gasteiger partial charge in [0.25, 0.3) is 0 Å². The standard InChI is InChI=1S/C29H21FN4O3S/c30-19-5-7-20(8-6-19)33-27(35)29(14-15-29)28(36)34-21-9-11-22(12-10-21)37-23-13-16-31-26-25(23)32-17-18-3-1-2-4-24(18)38-26/h1-13,16-17H,14-15H2,(H,33,35)(H,34,36). The first kappa shape index (κ1) is 23.9. The van der Waals surface area contributed by atoms with Crippen LogP contribution in [0, 0.1) is 11.2 Å². The van der Waals surface area contributed by atoms with Crippen molar-refractivity contribution < 1.29 is 18.7 Å². The molecule has 1 aliphatic heterocycles. The van der Waals surface area contributed by atoms with Crippen LogP contribution in [0.15, 0.2) is 100.0 Å². The molecule has 188 valence electrons. The number of aromatic nitrogens is 1. The van der Waals surface area contributed by atoms with Crippen LogP contribution in [0.5, 0.6) is 11.5 Å². The average molecular weight is 525 g/mol. The van der Waals surface area contributed by atoms with Gasteiger partial charge in [0.2, 0.25) is 11.8 Å². The van der Waals surface area contributed by atoms with E-state index in [0.717, 1.165) is 15.5 Å². The lowest BCUT2D eigenvalue weighted by Gasteiger charge is -2.16. The van der Waals surface area contributed by atoms with Crippen LogP contribution >= 0.6 is 11.8 Å². The summed E-state index contributed by atoms with van der Waals surface area (Å²) in [5.74, 6) is -0.0474. The summed E-state index contributed by atoms with van der Waals surface area (Å²) in [6.45, 7) is 0. The van der Waals surface area contributed by atoms with Gasteiger partial charge in [-0.25, -0.2) is 14.4 Å². The Morgan fingerprint density at radius 3 is 2.21 bits per heavy atom. The van der Waals surface area contributed by atoms with Crippen LogP contribution in [0.3, 0.4) is 0 Å². The van der Waals surface area contributed by atoms with Gasteiger partial charge >= 0.3 is 0 Å². The molecule has 0 spiro atoms. The Bertz CT molecular complexity index is 1570. The lowest BCUT2D eigenvalue weighted by Crippen LogP contribution is -2.35. The number of amides is 2. The van der Waals surface area contributed by atoms with E-state index >= 15 is 0 Å². The number of anilines is 2. The molecule has 2 aliphatic rings. The molecule has 7 nitrogen and oxygen atoms in total. The highest BCUT2D eigenvalue weighted by molar-refractivity contribution is 7.99.